The van der Waals surface area contributed by atoms with E-state index in [0.717, 1.165) is 0 Å². The minimum absolute atomic E-state index is 0.0299. The molecule has 0 aromatic heterocycles. The highest BCUT2D eigenvalue weighted by molar-refractivity contribution is 5.89. The SMILES string of the molecule is COc1cc(O)c(/C=N/N=C/c2ccccc2O)c(OC)c1. The van der Waals surface area contributed by atoms with E-state index in [1.54, 1.807) is 30.3 Å². The Labute approximate surface area is 128 Å². The molecule has 0 spiro atoms. The Hall–Kier alpha value is -3.02. The van der Waals surface area contributed by atoms with Crippen LogP contribution >= 0.6 is 0 Å². The van der Waals surface area contributed by atoms with E-state index < -0.39 is 0 Å². The lowest BCUT2D eigenvalue weighted by atomic mass is 10.2. The van der Waals surface area contributed by atoms with Crippen molar-refractivity contribution in [2.45, 2.75) is 0 Å². The minimum atomic E-state index is -0.0299. The number of aromatic hydroxyl groups is 2. The smallest absolute Gasteiger partial charge is 0.135 e. The van der Waals surface area contributed by atoms with Crippen LogP contribution < -0.4 is 9.47 Å². The Morgan fingerprint density at radius 2 is 1.64 bits per heavy atom. The number of rotatable bonds is 5. The maximum atomic E-state index is 9.95. The number of hydrogen-bond donors (Lipinski definition) is 2. The van der Waals surface area contributed by atoms with Crippen LogP contribution in [0.5, 0.6) is 23.0 Å². The monoisotopic (exact) mass is 300 g/mol. The van der Waals surface area contributed by atoms with E-state index in [2.05, 4.69) is 10.2 Å². The first-order valence-electron chi connectivity index (χ1n) is 6.45. The van der Waals surface area contributed by atoms with Crippen LogP contribution in [0.3, 0.4) is 0 Å². The summed E-state index contributed by atoms with van der Waals surface area (Å²) in [7, 11) is 2.98. The molecule has 0 radical (unpaired) electrons. The van der Waals surface area contributed by atoms with Gasteiger partial charge in [-0.15, -0.1) is 0 Å². The summed E-state index contributed by atoms with van der Waals surface area (Å²) in [6.45, 7) is 0. The first-order chi connectivity index (χ1) is 10.7. The molecular formula is C16H16N2O4. The van der Waals surface area contributed by atoms with Crippen LogP contribution in [0, 0.1) is 0 Å². The zero-order valence-corrected chi connectivity index (χ0v) is 12.2. The van der Waals surface area contributed by atoms with Crippen molar-refractivity contribution in [3.05, 3.63) is 47.5 Å². The second kappa shape index (κ2) is 7.12. The standard InChI is InChI=1S/C16H16N2O4/c1-21-12-7-15(20)13(16(8-12)22-2)10-18-17-9-11-5-3-4-6-14(11)19/h3-10,19-20H,1-2H3/b17-9+,18-10+. The van der Waals surface area contributed by atoms with Crippen LogP contribution in [-0.2, 0) is 0 Å². The quantitative estimate of drug-likeness (QED) is 0.656. The molecule has 0 aliphatic heterocycles. The number of hydrogen-bond acceptors (Lipinski definition) is 6. The Bertz CT molecular complexity index is 711. The molecule has 114 valence electrons. The summed E-state index contributed by atoms with van der Waals surface area (Å²) in [5, 5.41) is 27.2. The normalized spacial score (nSPS) is 11.2. The Balaban J connectivity index is 2.22. The van der Waals surface area contributed by atoms with E-state index in [4.69, 9.17) is 9.47 Å². The number of methoxy groups -OCH3 is 2. The van der Waals surface area contributed by atoms with Crippen LogP contribution in [0.2, 0.25) is 0 Å². The highest BCUT2D eigenvalue weighted by Gasteiger charge is 2.09. The molecule has 0 fully saturated rings. The highest BCUT2D eigenvalue weighted by atomic mass is 16.5. The molecule has 6 nitrogen and oxygen atoms in total. The summed E-state index contributed by atoms with van der Waals surface area (Å²) < 4.78 is 10.2. The van der Waals surface area contributed by atoms with E-state index in [9.17, 15) is 10.2 Å². The fourth-order valence-corrected chi connectivity index (χ4v) is 1.79. The Morgan fingerprint density at radius 3 is 2.32 bits per heavy atom. The molecule has 0 aliphatic carbocycles. The second-order valence-corrected chi connectivity index (χ2v) is 4.31. The van der Waals surface area contributed by atoms with Crippen LogP contribution in [-0.4, -0.2) is 36.9 Å². The third kappa shape index (κ3) is 3.54. The van der Waals surface area contributed by atoms with E-state index in [-0.39, 0.29) is 11.5 Å². The number of para-hydroxylation sites is 1. The zero-order chi connectivity index (χ0) is 15.9. The van der Waals surface area contributed by atoms with Gasteiger partial charge in [-0.2, -0.15) is 10.2 Å². The second-order valence-electron chi connectivity index (χ2n) is 4.31. The fourth-order valence-electron chi connectivity index (χ4n) is 1.79. The van der Waals surface area contributed by atoms with Crippen molar-refractivity contribution in [2.24, 2.45) is 10.2 Å². The molecule has 2 rings (SSSR count). The summed E-state index contributed by atoms with van der Waals surface area (Å²) >= 11 is 0. The first kappa shape index (κ1) is 15.4. The molecule has 2 aromatic carbocycles. The average molecular weight is 300 g/mol. The zero-order valence-electron chi connectivity index (χ0n) is 12.2. The van der Waals surface area contributed by atoms with Crippen LogP contribution in [0.15, 0.2) is 46.6 Å². The summed E-state index contributed by atoms with van der Waals surface area (Å²) in [4.78, 5) is 0. The number of ether oxygens (including phenoxy) is 2. The van der Waals surface area contributed by atoms with E-state index in [1.165, 1.54) is 32.7 Å². The van der Waals surface area contributed by atoms with Gasteiger partial charge in [0.05, 0.1) is 32.2 Å². The predicted octanol–water partition coefficient (Wildman–Crippen LogP) is 2.57. The topological polar surface area (TPSA) is 83.6 Å². The molecule has 2 aromatic rings. The van der Waals surface area contributed by atoms with Gasteiger partial charge in [-0.1, -0.05) is 12.1 Å². The third-order valence-electron chi connectivity index (χ3n) is 2.94. The van der Waals surface area contributed by atoms with Crippen molar-refractivity contribution < 1.29 is 19.7 Å². The highest BCUT2D eigenvalue weighted by Crippen LogP contribution is 2.31. The van der Waals surface area contributed by atoms with Crippen molar-refractivity contribution in [1.82, 2.24) is 0 Å². The van der Waals surface area contributed by atoms with Crippen molar-refractivity contribution in [3.8, 4) is 23.0 Å². The summed E-state index contributed by atoms with van der Waals surface area (Å²) in [5.74, 6) is 0.978. The van der Waals surface area contributed by atoms with E-state index in [1.807, 2.05) is 0 Å². The van der Waals surface area contributed by atoms with Gasteiger partial charge >= 0.3 is 0 Å². The van der Waals surface area contributed by atoms with Gasteiger partial charge in [0, 0.05) is 17.7 Å². The molecule has 0 amide bonds. The summed E-state index contributed by atoms with van der Waals surface area (Å²) in [6.07, 6.45) is 2.78. The molecule has 6 heteroatoms. The van der Waals surface area contributed by atoms with Gasteiger partial charge in [0.15, 0.2) is 0 Å². The number of nitrogens with zero attached hydrogens (tertiary/aromatic N) is 2. The molecular weight excluding hydrogens is 284 g/mol. The molecule has 0 bridgehead atoms. The van der Waals surface area contributed by atoms with Gasteiger partial charge in [-0.3, -0.25) is 0 Å². The Morgan fingerprint density at radius 1 is 0.909 bits per heavy atom. The van der Waals surface area contributed by atoms with E-state index >= 15 is 0 Å². The lowest BCUT2D eigenvalue weighted by Crippen LogP contribution is -1.93. The summed E-state index contributed by atoms with van der Waals surface area (Å²) in [5.41, 5.74) is 0.934. The van der Waals surface area contributed by atoms with Gasteiger partial charge < -0.3 is 19.7 Å². The molecule has 2 N–H and O–H groups in total. The van der Waals surface area contributed by atoms with Crippen LogP contribution in [0.25, 0.3) is 0 Å². The molecule has 0 saturated heterocycles. The van der Waals surface area contributed by atoms with E-state index in [0.29, 0.717) is 22.6 Å². The fraction of sp³-hybridized carbons (Fsp3) is 0.125. The third-order valence-corrected chi connectivity index (χ3v) is 2.94. The van der Waals surface area contributed by atoms with Crippen molar-refractivity contribution in [1.29, 1.82) is 0 Å². The molecule has 22 heavy (non-hydrogen) atoms. The van der Waals surface area contributed by atoms with Crippen LogP contribution in [0.4, 0.5) is 0 Å². The lowest BCUT2D eigenvalue weighted by Gasteiger charge is -2.08. The van der Waals surface area contributed by atoms with Gasteiger partial charge in [-0.05, 0) is 12.1 Å². The number of benzene rings is 2. The number of phenolic OH excluding ortho intramolecular Hbond substituents is 2. The van der Waals surface area contributed by atoms with Crippen molar-refractivity contribution in [2.75, 3.05) is 14.2 Å². The molecule has 0 heterocycles. The minimum Gasteiger partial charge on any atom is -0.507 e. The first-order valence-corrected chi connectivity index (χ1v) is 6.45. The van der Waals surface area contributed by atoms with Gasteiger partial charge in [0.2, 0.25) is 0 Å². The average Bonchev–Trinajstić information content (AvgIpc) is 2.53. The predicted molar refractivity (Wildman–Crippen MR) is 84.5 cm³/mol. The molecule has 0 aliphatic rings. The molecule has 0 atom stereocenters. The van der Waals surface area contributed by atoms with Gasteiger partial charge in [0.25, 0.3) is 0 Å². The van der Waals surface area contributed by atoms with Crippen molar-refractivity contribution >= 4 is 12.4 Å². The van der Waals surface area contributed by atoms with Gasteiger partial charge in [0.1, 0.15) is 23.0 Å². The molecule has 0 saturated carbocycles. The Kier molecular flexibility index (Phi) is 4.98. The largest absolute Gasteiger partial charge is 0.507 e. The lowest BCUT2D eigenvalue weighted by molar-refractivity contribution is 0.384. The maximum absolute atomic E-state index is 9.95. The van der Waals surface area contributed by atoms with Gasteiger partial charge in [-0.25, -0.2) is 0 Å². The summed E-state index contributed by atoms with van der Waals surface area (Å²) in [6, 6.07) is 9.85. The van der Waals surface area contributed by atoms with Crippen LogP contribution in [0.1, 0.15) is 11.1 Å². The van der Waals surface area contributed by atoms with Crippen molar-refractivity contribution in [3.63, 3.8) is 0 Å². The number of phenols is 2. The maximum Gasteiger partial charge on any atom is 0.135 e. The molecule has 0 unspecified atom stereocenters.